The number of halogens is 1. The molecular formula is C14H13ClN2O4S. The van der Waals surface area contributed by atoms with Crippen LogP contribution in [0, 0.1) is 0 Å². The van der Waals surface area contributed by atoms with Crippen LogP contribution in [-0.4, -0.2) is 37.0 Å². The number of aromatic nitrogens is 1. The van der Waals surface area contributed by atoms with Crippen LogP contribution in [0.4, 0.5) is 0 Å². The summed E-state index contributed by atoms with van der Waals surface area (Å²) in [5, 5.41) is 7.05. The van der Waals surface area contributed by atoms with Crippen molar-refractivity contribution in [1.29, 1.82) is 0 Å². The highest BCUT2D eigenvalue weighted by Crippen LogP contribution is 2.22. The van der Waals surface area contributed by atoms with Gasteiger partial charge in [-0.3, -0.25) is 4.79 Å². The average Bonchev–Trinajstić information content (AvgIpc) is 3.06. The minimum atomic E-state index is -3.04. The number of rotatable bonds is 3. The summed E-state index contributed by atoms with van der Waals surface area (Å²) in [6, 6.07) is 8.15. The summed E-state index contributed by atoms with van der Waals surface area (Å²) in [4.78, 5) is 12.1. The van der Waals surface area contributed by atoms with Gasteiger partial charge in [-0.25, -0.2) is 8.42 Å². The van der Waals surface area contributed by atoms with E-state index in [1.165, 1.54) is 6.07 Å². The zero-order valence-corrected chi connectivity index (χ0v) is 13.0. The Kier molecular flexibility index (Phi) is 3.92. The van der Waals surface area contributed by atoms with Crippen LogP contribution in [0.15, 0.2) is 34.9 Å². The zero-order valence-electron chi connectivity index (χ0n) is 11.5. The molecule has 22 heavy (non-hydrogen) atoms. The lowest BCUT2D eigenvalue weighted by molar-refractivity contribution is 0.0904. The van der Waals surface area contributed by atoms with Crippen molar-refractivity contribution in [2.45, 2.75) is 12.5 Å². The summed E-state index contributed by atoms with van der Waals surface area (Å²) in [5.74, 6) is -0.363. The van der Waals surface area contributed by atoms with Crippen molar-refractivity contribution in [3.05, 3.63) is 41.1 Å². The lowest BCUT2D eigenvalue weighted by Crippen LogP contribution is -2.35. The number of hydrogen-bond donors (Lipinski definition) is 1. The van der Waals surface area contributed by atoms with Crippen LogP contribution < -0.4 is 5.32 Å². The first kappa shape index (κ1) is 15.1. The summed E-state index contributed by atoms with van der Waals surface area (Å²) in [6.07, 6.45) is 0.420. The maximum absolute atomic E-state index is 12.1. The smallest absolute Gasteiger partial charge is 0.290 e. The number of nitrogens with zero attached hydrogens (tertiary/aromatic N) is 1. The molecule has 2 heterocycles. The second-order valence-electron chi connectivity index (χ2n) is 5.16. The van der Waals surface area contributed by atoms with E-state index < -0.39 is 15.7 Å². The van der Waals surface area contributed by atoms with E-state index in [4.69, 9.17) is 16.1 Å². The molecule has 3 rings (SSSR count). The first-order valence-electron chi connectivity index (χ1n) is 6.67. The van der Waals surface area contributed by atoms with E-state index in [9.17, 15) is 13.2 Å². The van der Waals surface area contributed by atoms with Crippen LogP contribution in [0.2, 0.25) is 5.02 Å². The van der Waals surface area contributed by atoms with Crippen LogP contribution in [0.5, 0.6) is 0 Å². The lowest BCUT2D eigenvalue weighted by atomic mass is 10.1. The SMILES string of the molecule is O=C(NC1CCS(=O)(=O)C1)c1cc(-c2cccc(Cl)c2)no1. The summed E-state index contributed by atoms with van der Waals surface area (Å²) < 4.78 is 27.8. The summed E-state index contributed by atoms with van der Waals surface area (Å²) >= 11 is 5.91. The van der Waals surface area contributed by atoms with Crippen molar-refractivity contribution in [3.63, 3.8) is 0 Å². The second-order valence-corrected chi connectivity index (χ2v) is 7.83. The Morgan fingerprint density at radius 2 is 2.18 bits per heavy atom. The topological polar surface area (TPSA) is 89.3 Å². The van der Waals surface area contributed by atoms with Gasteiger partial charge in [-0.1, -0.05) is 28.9 Å². The molecular weight excluding hydrogens is 328 g/mol. The highest BCUT2D eigenvalue weighted by atomic mass is 35.5. The van der Waals surface area contributed by atoms with E-state index in [1.807, 2.05) is 0 Å². The molecule has 0 radical (unpaired) electrons. The molecule has 1 N–H and O–H groups in total. The standard InChI is InChI=1S/C14H13ClN2O4S/c15-10-3-1-2-9(6-10)12-7-13(21-17-12)14(18)16-11-4-5-22(19,20)8-11/h1-3,6-7,11H,4-5,8H2,(H,16,18). The fraction of sp³-hybridized carbons (Fsp3) is 0.286. The van der Waals surface area contributed by atoms with Crippen LogP contribution in [-0.2, 0) is 9.84 Å². The van der Waals surface area contributed by atoms with Gasteiger partial charge in [-0.15, -0.1) is 0 Å². The molecule has 1 aromatic carbocycles. The Morgan fingerprint density at radius 1 is 1.36 bits per heavy atom. The van der Waals surface area contributed by atoms with Gasteiger partial charge in [-0.2, -0.15) is 0 Å². The Hall–Kier alpha value is -1.86. The summed E-state index contributed by atoms with van der Waals surface area (Å²) in [6.45, 7) is 0. The summed E-state index contributed by atoms with van der Waals surface area (Å²) in [5.41, 5.74) is 1.23. The first-order valence-corrected chi connectivity index (χ1v) is 8.87. The van der Waals surface area contributed by atoms with Crippen molar-refractivity contribution < 1.29 is 17.7 Å². The van der Waals surface area contributed by atoms with Gasteiger partial charge >= 0.3 is 0 Å². The molecule has 1 fully saturated rings. The zero-order chi connectivity index (χ0) is 15.7. The van der Waals surface area contributed by atoms with Gasteiger partial charge in [0, 0.05) is 22.7 Å². The number of carbonyl (C=O) groups excluding carboxylic acids is 1. The fourth-order valence-corrected chi connectivity index (χ4v) is 4.20. The average molecular weight is 341 g/mol. The molecule has 1 aromatic heterocycles. The van der Waals surface area contributed by atoms with Gasteiger partial charge < -0.3 is 9.84 Å². The minimum Gasteiger partial charge on any atom is -0.350 e. The van der Waals surface area contributed by atoms with Gasteiger partial charge in [0.2, 0.25) is 5.76 Å². The Bertz CT molecular complexity index is 816. The summed E-state index contributed by atoms with van der Waals surface area (Å²) in [7, 11) is -3.04. The molecule has 8 heteroatoms. The number of hydrogen-bond acceptors (Lipinski definition) is 5. The van der Waals surface area contributed by atoms with E-state index in [2.05, 4.69) is 10.5 Å². The highest BCUT2D eigenvalue weighted by Gasteiger charge is 2.30. The number of nitrogens with one attached hydrogen (secondary N) is 1. The van der Waals surface area contributed by atoms with Gasteiger partial charge in [-0.05, 0) is 18.6 Å². The molecule has 1 unspecified atom stereocenters. The van der Waals surface area contributed by atoms with Gasteiger partial charge in [0.15, 0.2) is 9.84 Å². The third-order valence-corrected chi connectivity index (χ3v) is 5.43. The molecule has 0 aliphatic carbocycles. The molecule has 2 aromatic rings. The van der Waals surface area contributed by atoms with Crippen LogP contribution in [0.3, 0.4) is 0 Å². The van der Waals surface area contributed by atoms with Gasteiger partial charge in [0.1, 0.15) is 5.69 Å². The molecule has 0 bridgehead atoms. The van der Waals surface area contributed by atoms with Gasteiger partial charge in [0.25, 0.3) is 5.91 Å². The van der Waals surface area contributed by atoms with Crippen LogP contribution >= 0.6 is 11.6 Å². The first-order chi connectivity index (χ1) is 10.4. The highest BCUT2D eigenvalue weighted by molar-refractivity contribution is 7.91. The third kappa shape index (κ3) is 3.31. The van der Waals surface area contributed by atoms with E-state index in [-0.39, 0.29) is 23.3 Å². The molecule has 6 nitrogen and oxygen atoms in total. The molecule has 116 valence electrons. The van der Waals surface area contributed by atoms with E-state index in [0.29, 0.717) is 17.1 Å². The number of sulfone groups is 1. The molecule has 1 saturated heterocycles. The van der Waals surface area contributed by atoms with Crippen molar-refractivity contribution in [3.8, 4) is 11.3 Å². The lowest BCUT2D eigenvalue weighted by Gasteiger charge is -2.07. The van der Waals surface area contributed by atoms with Gasteiger partial charge in [0.05, 0.1) is 11.5 Å². The molecule has 0 saturated carbocycles. The predicted molar refractivity (Wildman–Crippen MR) is 81.5 cm³/mol. The molecule has 0 spiro atoms. The van der Waals surface area contributed by atoms with E-state index in [1.54, 1.807) is 24.3 Å². The number of carbonyl (C=O) groups is 1. The van der Waals surface area contributed by atoms with Crippen LogP contribution in [0.25, 0.3) is 11.3 Å². The molecule has 1 atom stereocenters. The number of benzene rings is 1. The molecule has 1 aliphatic rings. The Balaban J connectivity index is 1.72. The van der Waals surface area contributed by atoms with Crippen LogP contribution in [0.1, 0.15) is 17.0 Å². The number of amides is 1. The van der Waals surface area contributed by atoms with Crippen molar-refractivity contribution >= 4 is 27.3 Å². The predicted octanol–water partition coefficient (Wildman–Crippen LogP) is 1.91. The normalized spacial score (nSPS) is 20.0. The Morgan fingerprint density at radius 3 is 2.86 bits per heavy atom. The van der Waals surface area contributed by atoms with Crippen molar-refractivity contribution in [2.24, 2.45) is 0 Å². The van der Waals surface area contributed by atoms with Crippen molar-refractivity contribution in [2.75, 3.05) is 11.5 Å². The second kappa shape index (κ2) is 5.73. The van der Waals surface area contributed by atoms with E-state index >= 15 is 0 Å². The largest absolute Gasteiger partial charge is 0.350 e. The molecule has 1 aliphatic heterocycles. The van der Waals surface area contributed by atoms with E-state index in [0.717, 1.165) is 5.56 Å². The molecule has 1 amide bonds. The monoisotopic (exact) mass is 340 g/mol. The fourth-order valence-electron chi connectivity index (χ4n) is 2.33. The minimum absolute atomic E-state index is 0.0337. The maximum atomic E-state index is 12.1. The third-order valence-electron chi connectivity index (χ3n) is 3.42. The van der Waals surface area contributed by atoms with Crippen molar-refractivity contribution in [1.82, 2.24) is 10.5 Å². The quantitative estimate of drug-likeness (QED) is 0.921. The maximum Gasteiger partial charge on any atom is 0.290 e. The Labute approximate surface area is 132 Å².